The molecule has 7 nitrogen and oxygen atoms in total. The van der Waals surface area contributed by atoms with Gasteiger partial charge in [-0.2, -0.15) is 5.26 Å². The fourth-order valence-electron chi connectivity index (χ4n) is 3.88. The Morgan fingerprint density at radius 3 is 2.53 bits per heavy atom. The summed E-state index contributed by atoms with van der Waals surface area (Å²) in [6.45, 7) is 0.498. The largest absolute Gasteiger partial charge is 0.495 e. The molecule has 0 spiro atoms. The van der Waals surface area contributed by atoms with Gasteiger partial charge in [0.25, 0.3) is 0 Å². The van der Waals surface area contributed by atoms with Crippen LogP contribution in [0.15, 0.2) is 36.4 Å². The van der Waals surface area contributed by atoms with Crippen molar-refractivity contribution >= 4 is 46.4 Å². The second-order valence-corrected chi connectivity index (χ2v) is 8.15. The third-order valence-electron chi connectivity index (χ3n) is 5.62. The maximum Gasteiger partial charge on any atom is 0.157 e. The van der Waals surface area contributed by atoms with Gasteiger partial charge in [0.05, 0.1) is 29.9 Å². The van der Waals surface area contributed by atoms with Crippen molar-refractivity contribution in [1.82, 2.24) is 10.2 Å². The van der Waals surface area contributed by atoms with Crippen LogP contribution in [-0.4, -0.2) is 34.6 Å². The molecule has 1 aromatic heterocycles. The average Bonchev–Trinajstić information content (AvgIpc) is 2.79. The van der Waals surface area contributed by atoms with Crippen molar-refractivity contribution in [3.63, 3.8) is 0 Å². The van der Waals surface area contributed by atoms with Gasteiger partial charge in [-0.05, 0) is 61.6 Å². The Kier molecular flexibility index (Phi) is 7.97. The molecule has 1 fully saturated rings. The van der Waals surface area contributed by atoms with E-state index in [1.807, 2.05) is 30.3 Å². The van der Waals surface area contributed by atoms with Crippen LogP contribution < -0.4 is 15.4 Å². The Bertz CT molecular complexity index is 1130. The molecule has 1 aliphatic rings. The summed E-state index contributed by atoms with van der Waals surface area (Å²) in [5.41, 5.74) is 1.53. The van der Waals surface area contributed by atoms with Crippen LogP contribution in [0.5, 0.6) is 5.75 Å². The summed E-state index contributed by atoms with van der Waals surface area (Å²) in [5, 5.41) is 37.0. The number of rotatable bonds is 6. The van der Waals surface area contributed by atoms with Crippen LogP contribution in [0.25, 0.3) is 10.8 Å². The van der Waals surface area contributed by atoms with Crippen LogP contribution in [0.2, 0.25) is 5.02 Å². The van der Waals surface area contributed by atoms with Gasteiger partial charge < -0.3 is 20.5 Å². The molecule has 1 saturated carbocycles. The molecule has 0 amide bonds. The highest BCUT2D eigenvalue weighted by atomic mass is 35.5. The average molecular weight is 474 g/mol. The predicted octanol–water partition coefficient (Wildman–Crippen LogP) is 4.91. The Balaban J connectivity index is 0.00000289. The number of hydrogen-bond donors (Lipinski definition) is 3. The molecular formula is C23H25Cl2N5O2. The highest BCUT2D eigenvalue weighted by Gasteiger charge is 2.21. The predicted molar refractivity (Wildman–Crippen MR) is 129 cm³/mol. The SMILES string of the molecule is COc1ccc(CNc2nnc(NC3CCC(O)CC3)c3ccc(C#N)cc23)cc1Cl.Cl. The van der Waals surface area contributed by atoms with Crippen molar-refractivity contribution in [3.8, 4) is 11.8 Å². The van der Waals surface area contributed by atoms with Gasteiger partial charge >= 0.3 is 0 Å². The Labute approximate surface area is 198 Å². The Morgan fingerprint density at radius 2 is 1.84 bits per heavy atom. The number of benzene rings is 2. The first kappa shape index (κ1) is 23.9. The molecule has 0 saturated heterocycles. The van der Waals surface area contributed by atoms with Crippen LogP contribution in [0, 0.1) is 11.3 Å². The zero-order valence-corrected chi connectivity index (χ0v) is 19.2. The first-order valence-electron chi connectivity index (χ1n) is 10.3. The molecule has 1 heterocycles. The normalized spacial score (nSPS) is 17.8. The number of aliphatic hydroxyl groups excluding tert-OH is 1. The summed E-state index contributed by atoms with van der Waals surface area (Å²) in [5.74, 6) is 1.92. The third-order valence-corrected chi connectivity index (χ3v) is 5.92. The van der Waals surface area contributed by atoms with Gasteiger partial charge in [-0.3, -0.25) is 0 Å². The lowest BCUT2D eigenvalue weighted by atomic mass is 9.93. The molecule has 0 bridgehead atoms. The first-order chi connectivity index (χ1) is 15.1. The number of methoxy groups -OCH3 is 1. The van der Waals surface area contributed by atoms with E-state index in [0.29, 0.717) is 34.5 Å². The number of anilines is 2. The van der Waals surface area contributed by atoms with E-state index in [1.165, 1.54) is 0 Å². The molecule has 1 aliphatic carbocycles. The molecule has 0 aliphatic heterocycles. The van der Waals surface area contributed by atoms with Gasteiger partial charge in [0.1, 0.15) is 5.75 Å². The molecule has 2 aromatic carbocycles. The quantitative estimate of drug-likeness (QED) is 0.466. The first-order valence-corrected chi connectivity index (χ1v) is 10.7. The lowest BCUT2D eigenvalue weighted by molar-refractivity contribution is 0.126. The molecule has 168 valence electrons. The molecule has 0 atom stereocenters. The number of nitrogens with one attached hydrogen (secondary N) is 2. The van der Waals surface area contributed by atoms with Crippen LogP contribution in [0.1, 0.15) is 36.8 Å². The van der Waals surface area contributed by atoms with Crippen molar-refractivity contribution in [3.05, 3.63) is 52.5 Å². The number of nitriles is 1. The fourth-order valence-corrected chi connectivity index (χ4v) is 4.16. The maximum absolute atomic E-state index is 9.75. The van der Waals surface area contributed by atoms with Crippen molar-refractivity contribution in [2.24, 2.45) is 0 Å². The number of aromatic nitrogens is 2. The number of halogens is 2. The third kappa shape index (κ3) is 5.33. The molecule has 0 radical (unpaired) electrons. The number of nitrogens with zero attached hydrogens (tertiary/aromatic N) is 3. The van der Waals surface area contributed by atoms with Crippen LogP contribution in [-0.2, 0) is 6.54 Å². The van der Waals surface area contributed by atoms with Gasteiger partial charge in [0.15, 0.2) is 11.6 Å². The van der Waals surface area contributed by atoms with Gasteiger partial charge in [-0.15, -0.1) is 22.6 Å². The molecular weight excluding hydrogens is 449 g/mol. The smallest absolute Gasteiger partial charge is 0.157 e. The minimum atomic E-state index is -0.211. The van der Waals surface area contributed by atoms with Crippen molar-refractivity contribution in [2.75, 3.05) is 17.7 Å². The molecule has 4 rings (SSSR count). The molecule has 9 heteroatoms. The monoisotopic (exact) mass is 473 g/mol. The molecule has 3 N–H and O–H groups in total. The van der Waals surface area contributed by atoms with E-state index in [0.717, 1.165) is 42.0 Å². The summed E-state index contributed by atoms with van der Waals surface area (Å²) in [7, 11) is 1.58. The number of hydrogen-bond acceptors (Lipinski definition) is 7. The second kappa shape index (κ2) is 10.7. The van der Waals surface area contributed by atoms with Crippen LogP contribution >= 0.6 is 24.0 Å². The lowest BCUT2D eigenvalue weighted by Gasteiger charge is -2.27. The van der Waals surface area contributed by atoms with Gasteiger partial charge in [0, 0.05) is 23.4 Å². The van der Waals surface area contributed by atoms with Crippen molar-refractivity contribution in [2.45, 2.75) is 44.4 Å². The molecule has 3 aromatic rings. The second-order valence-electron chi connectivity index (χ2n) is 7.74. The van der Waals surface area contributed by atoms with E-state index < -0.39 is 0 Å². The zero-order chi connectivity index (χ0) is 21.8. The molecule has 32 heavy (non-hydrogen) atoms. The summed E-state index contributed by atoms with van der Waals surface area (Å²) in [4.78, 5) is 0. The highest BCUT2D eigenvalue weighted by Crippen LogP contribution is 2.30. The number of fused-ring (bicyclic) bond motifs is 1. The minimum Gasteiger partial charge on any atom is -0.495 e. The Morgan fingerprint density at radius 1 is 1.09 bits per heavy atom. The summed E-state index contributed by atoms with van der Waals surface area (Å²) < 4.78 is 5.20. The zero-order valence-electron chi connectivity index (χ0n) is 17.6. The summed E-state index contributed by atoms with van der Waals surface area (Å²) in [6.07, 6.45) is 3.13. The number of aliphatic hydroxyl groups is 1. The Hall–Kier alpha value is -2.79. The van der Waals surface area contributed by atoms with E-state index in [2.05, 4.69) is 26.9 Å². The fraction of sp³-hybridized carbons (Fsp3) is 0.348. The van der Waals surface area contributed by atoms with E-state index in [4.69, 9.17) is 16.3 Å². The highest BCUT2D eigenvalue weighted by molar-refractivity contribution is 6.32. The van der Waals surface area contributed by atoms with Crippen molar-refractivity contribution in [1.29, 1.82) is 5.26 Å². The van der Waals surface area contributed by atoms with Gasteiger partial charge in [-0.25, -0.2) is 0 Å². The molecule has 0 unspecified atom stereocenters. The maximum atomic E-state index is 9.75. The summed E-state index contributed by atoms with van der Waals surface area (Å²) in [6, 6.07) is 13.5. The standard InChI is InChI=1S/C23H24ClN5O2.ClH/c1-31-21-9-3-15(11-20(21)24)13-26-22-19-10-14(12-25)2-8-18(19)23(29-28-22)27-16-4-6-17(30)7-5-16;/h2-3,8-11,16-17,30H,4-7,13H2,1H3,(H,26,28)(H,27,29);1H. The van der Waals surface area contributed by atoms with Gasteiger partial charge in [-0.1, -0.05) is 17.7 Å². The van der Waals surface area contributed by atoms with Crippen LogP contribution in [0.4, 0.5) is 11.6 Å². The van der Waals surface area contributed by atoms with Crippen molar-refractivity contribution < 1.29 is 9.84 Å². The minimum absolute atomic E-state index is 0. The van der Waals surface area contributed by atoms with E-state index in [9.17, 15) is 10.4 Å². The van der Waals surface area contributed by atoms with E-state index >= 15 is 0 Å². The number of ether oxygens (including phenoxy) is 1. The lowest BCUT2D eigenvalue weighted by Crippen LogP contribution is -2.28. The summed E-state index contributed by atoms with van der Waals surface area (Å²) >= 11 is 6.23. The van der Waals surface area contributed by atoms with E-state index in [-0.39, 0.29) is 24.6 Å². The van der Waals surface area contributed by atoms with E-state index in [1.54, 1.807) is 13.2 Å². The van der Waals surface area contributed by atoms with Crippen LogP contribution in [0.3, 0.4) is 0 Å². The topological polar surface area (TPSA) is 103 Å². The van der Waals surface area contributed by atoms with Gasteiger partial charge in [0.2, 0.25) is 0 Å².